The van der Waals surface area contributed by atoms with E-state index in [0.29, 0.717) is 18.9 Å². The molecule has 1 aromatic carbocycles. The smallest absolute Gasteiger partial charge is 0.220 e. The Morgan fingerprint density at radius 1 is 1.39 bits per heavy atom. The van der Waals surface area contributed by atoms with Crippen LogP contribution in [-0.4, -0.2) is 11.9 Å². The minimum Gasteiger partial charge on any atom is -0.353 e. The molecule has 18 heavy (non-hydrogen) atoms. The Balaban J connectivity index is 1.77. The van der Waals surface area contributed by atoms with E-state index in [-0.39, 0.29) is 5.91 Å². The first-order valence-corrected chi connectivity index (χ1v) is 7.05. The van der Waals surface area contributed by atoms with Crippen molar-refractivity contribution in [3.63, 3.8) is 0 Å². The van der Waals surface area contributed by atoms with Crippen molar-refractivity contribution in [3.8, 4) is 0 Å². The molecule has 1 fully saturated rings. The summed E-state index contributed by atoms with van der Waals surface area (Å²) in [6, 6.07) is 8.10. The summed E-state index contributed by atoms with van der Waals surface area (Å²) in [6.45, 7) is 2.25. The number of carbonyl (C=O) groups excluding carboxylic acids is 1. The van der Waals surface area contributed by atoms with E-state index < -0.39 is 0 Å². The van der Waals surface area contributed by atoms with Gasteiger partial charge in [-0.15, -0.1) is 0 Å². The van der Waals surface area contributed by atoms with E-state index in [2.05, 4.69) is 12.2 Å². The van der Waals surface area contributed by atoms with Crippen molar-refractivity contribution < 1.29 is 4.79 Å². The van der Waals surface area contributed by atoms with E-state index in [9.17, 15) is 4.79 Å². The van der Waals surface area contributed by atoms with E-state index in [0.717, 1.165) is 29.3 Å². The third kappa shape index (κ3) is 3.74. The largest absolute Gasteiger partial charge is 0.353 e. The van der Waals surface area contributed by atoms with Crippen LogP contribution in [0.2, 0.25) is 5.02 Å². The van der Waals surface area contributed by atoms with Crippen LogP contribution in [0, 0.1) is 5.92 Å². The molecular weight excluding hydrogens is 246 g/mol. The Hall–Kier alpha value is -1.02. The third-order valence-electron chi connectivity index (χ3n) is 3.64. The normalized spacial score (nSPS) is 23.0. The molecule has 2 nitrogen and oxygen atoms in total. The van der Waals surface area contributed by atoms with Crippen LogP contribution in [0.25, 0.3) is 0 Å². The van der Waals surface area contributed by atoms with Gasteiger partial charge in [-0.05, 0) is 43.2 Å². The molecule has 0 saturated heterocycles. The van der Waals surface area contributed by atoms with Crippen LogP contribution >= 0.6 is 11.6 Å². The molecule has 0 heterocycles. The zero-order chi connectivity index (χ0) is 13.0. The number of rotatable bonds is 4. The Kier molecular flexibility index (Phi) is 4.65. The number of hydrogen-bond acceptors (Lipinski definition) is 1. The fraction of sp³-hybridized carbons (Fsp3) is 0.533. The molecule has 0 spiro atoms. The number of carbonyl (C=O) groups is 1. The molecule has 0 aromatic heterocycles. The Morgan fingerprint density at radius 2 is 2.17 bits per heavy atom. The van der Waals surface area contributed by atoms with Gasteiger partial charge in [0.2, 0.25) is 5.91 Å². The molecule has 0 aliphatic heterocycles. The Bertz CT molecular complexity index is 419. The van der Waals surface area contributed by atoms with Crippen LogP contribution in [-0.2, 0) is 11.2 Å². The average Bonchev–Trinajstić information content (AvgIpc) is 2.74. The van der Waals surface area contributed by atoms with Gasteiger partial charge in [0.1, 0.15) is 0 Å². The molecule has 1 amide bonds. The molecule has 1 aliphatic carbocycles. The minimum absolute atomic E-state index is 0.147. The molecule has 0 radical (unpaired) electrons. The lowest BCUT2D eigenvalue weighted by atomic mass is 10.1. The SMILES string of the molecule is CC1CCC(NC(=O)CCc2ccccc2Cl)C1. The second kappa shape index (κ2) is 6.24. The van der Waals surface area contributed by atoms with Crippen molar-refractivity contribution in [3.05, 3.63) is 34.9 Å². The summed E-state index contributed by atoms with van der Waals surface area (Å²) in [5, 5.41) is 3.87. The first-order valence-electron chi connectivity index (χ1n) is 6.68. The van der Waals surface area contributed by atoms with Gasteiger partial charge in [0.05, 0.1) is 0 Å². The standard InChI is InChI=1S/C15H20ClNO/c1-11-6-8-13(10-11)17-15(18)9-7-12-4-2-3-5-14(12)16/h2-5,11,13H,6-10H2,1H3,(H,17,18). The van der Waals surface area contributed by atoms with Crippen LogP contribution in [0.15, 0.2) is 24.3 Å². The fourth-order valence-corrected chi connectivity index (χ4v) is 2.82. The van der Waals surface area contributed by atoms with Crippen LogP contribution in [0.3, 0.4) is 0 Å². The van der Waals surface area contributed by atoms with Gasteiger partial charge >= 0.3 is 0 Å². The molecule has 2 rings (SSSR count). The maximum Gasteiger partial charge on any atom is 0.220 e. The van der Waals surface area contributed by atoms with Crippen molar-refractivity contribution in [2.24, 2.45) is 5.92 Å². The molecule has 1 aromatic rings. The van der Waals surface area contributed by atoms with E-state index >= 15 is 0 Å². The van der Waals surface area contributed by atoms with E-state index in [1.165, 1.54) is 6.42 Å². The quantitative estimate of drug-likeness (QED) is 0.886. The van der Waals surface area contributed by atoms with E-state index in [1.807, 2.05) is 24.3 Å². The Labute approximate surface area is 114 Å². The maximum atomic E-state index is 11.8. The average molecular weight is 266 g/mol. The van der Waals surface area contributed by atoms with Gasteiger partial charge in [-0.3, -0.25) is 4.79 Å². The number of amides is 1. The molecule has 98 valence electrons. The van der Waals surface area contributed by atoms with Crippen molar-refractivity contribution in [1.82, 2.24) is 5.32 Å². The molecule has 3 heteroatoms. The fourth-order valence-electron chi connectivity index (χ4n) is 2.59. The summed E-state index contributed by atoms with van der Waals surface area (Å²) in [5.41, 5.74) is 1.05. The summed E-state index contributed by atoms with van der Waals surface area (Å²) >= 11 is 6.07. The highest BCUT2D eigenvalue weighted by Gasteiger charge is 2.22. The van der Waals surface area contributed by atoms with Crippen LogP contribution < -0.4 is 5.32 Å². The van der Waals surface area contributed by atoms with Crippen molar-refractivity contribution in [2.75, 3.05) is 0 Å². The highest BCUT2D eigenvalue weighted by Crippen LogP contribution is 2.24. The monoisotopic (exact) mass is 265 g/mol. The summed E-state index contributed by atoms with van der Waals surface area (Å²) in [5.74, 6) is 0.896. The minimum atomic E-state index is 0.147. The summed E-state index contributed by atoms with van der Waals surface area (Å²) in [6.07, 6.45) is 4.72. The molecule has 2 atom stereocenters. The number of aryl methyl sites for hydroxylation is 1. The van der Waals surface area contributed by atoms with Gasteiger partial charge < -0.3 is 5.32 Å². The van der Waals surface area contributed by atoms with Crippen LogP contribution in [0.5, 0.6) is 0 Å². The second-order valence-corrected chi connectivity index (χ2v) is 5.68. The molecule has 1 saturated carbocycles. The molecule has 1 N–H and O–H groups in total. The van der Waals surface area contributed by atoms with Gasteiger partial charge in [-0.1, -0.05) is 36.7 Å². The topological polar surface area (TPSA) is 29.1 Å². The van der Waals surface area contributed by atoms with E-state index in [1.54, 1.807) is 0 Å². The molecule has 0 bridgehead atoms. The van der Waals surface area contributed by atoms with Crippen molar-refractivity contribution in [1.29, 1.82) is 0 Å². The predicted molar refractivity (Wildman–Crippen MR) is 74.7 cm³/mol. The first-order chi connectivity index (χ1) is 8.65. The summed E-state index contributed by atoms with van der Waals surface area (Å²) < 4.78 is 0. The second-order valence-electron chi connectivity index (χ2n) is 5.27. The predicted octanol–water partition coefficient (Wildman–Crippen LogP) is 3.58. The van der Waals surface area contributed by atoms with Crippen LogP contribution in [0.4, 0.5) is 0 Å². The van der Waals surface area contributed by atoms with Crippen LogP contribution in [0.1, 0.15) is 38.2 Å². The maximum absolute atomic E-state index is 11.8. The number of nitrogens with one attached hydrogen (secondary N) is 1. The highest BCUT2D eigenvalue weighted by atomic mass is 35.5. The van der Waals surface area contributed by atoms with Gasteiger partial charge in [-0.2, -0.15) is 0 Å². The van der Waals surface area contributed by atoms with Crippen molar-refractivity contribution in [2.45, 2.75) is 45.1 Å². The molecule has 1 aliphatic rings. The highest BCUT2D eigenvalue weighted by molar-refractivity contribution is 6.31. The van der Waals surface area contributed by atoms with Crippen molar-refractivity contribution >= 4 is 17.5 Å². The summed E-state index contributed by atoms with van der Waals surface area (Å²) in [4.78, 5) is 11.8. The lowest BCUT2D eigenvalue weighted by molar-refractivity contribution is -0.121. The van der Waals surface area contributed by atoms with Gasteiger partial charge in [-0.25, -0.2) is 0 Å². The van der Waals surface area contributed by atoms with Gasteiger partial charge in [0.25, 0.3) is 0 Å². The molecule has 2 unspecified atom stereocenters. The summed E-state index contributed by atoms with van der Waals surface area (Å²) in [7, 11) is 0. The lowest BCUT2D eigenvalue weighted by Gasteiger charge is -2.12. The zero-order valence-electron chi connectivity index (χ0n) is 10.8. The van der Waals surface area contributed by atoms with E-state index in [4.69, 9.17) is 11.6 Å². The number of halogens is 1. The van der Waals surface area contributed by atoms with Gasteiger partial charge in [0, 0.05) is 17.5 Å². The Morgan fingerprint density at radius 3 is 2.83 bits per heavy atom. The first kappa shape index (κ1) is 13.4. The number of hydrogen-bond donors (Lipinski definition) is 1. The lowest BCUT2D eigenvalue weighted by Crippen LogP contribution is -2.33. The molecular formula is C15H20ClNO. The number of benzene rings is 1. The zero-order valence-corrected chi connectivity index (χ0v) is 11.5. The van der Waals surface area contributed by atoms with Gasteiger partial charge in [0.15, 0.2) is 0 Å². The third-order valence-corrected chi connectivity index (χ3v) is 4.01.